The van der Waals surface area contributed by atoms with Gasteiger partial charge < -0.3 is 14.8 Å². The van der Waals surface area contributed by atoms with Gasteiger partial charge in [0, 0.05) is 5.56 Å². The third-order valence-corrected chi connectivity index (χ3v) is 5.31. The number of halogens is 1. The van der Waals surface area contributed by atoms with Gasteiger partial charge in [0.05, 0.1) is 35.5 Å². The van der Waals surface area contributed by atoms with Crippen molar-refractivity contribution in [2.45, 2.75) is 13.8 Å². The van der Waals surface area contributed by atoms with Gasteiger partial charge in [0.15, 0.2) is 5.82 Å². The van der Waals surface area contributed by atoms with Crippen LogP contribution in [0.5, 0.6) is 0 Å². The van der Waals surface area contributed by atoms with E-state index >= 15 is 0 Å². The lowest BCUT2D eigenvalue weighted by Crippen LogP contribution is -2.25. The van der Waals surface area contributed by atoms with E-state index in [0.717, 1.165) is 11.3 Å². The molecule has 150 valence electrons. The molecule has 0 radical (unpaired) electrons. The molecule has 0 aliphatic carbocycles. The summed E-state index contributed by atoms with van der Waals surface area (Å²) in [5.41, 5.74) is 1.23. The summed E-state index contributed by atoms with van der Waals surface area (Å²) in [6.45, 7) is 3.33. The first-order valence-corrected chi connectivity index (χ1v) is 9.69. The van der Waals surface area contributed by atoms with E-state index < -0.39 is 17.8 Å². The molecule has 0 unspecified atom stereocenters. The smallest absolute Gasteiger partial charge is 0.397 e. The van der Waals surface area contributed by atoms with Gasteiger partial charge in [0.2, 0.25) is 0 Å². The van der Waals surface area contributed by atoms with Crippen LogP contribution in [0, 0.1) is 6.92 Å². The van der Waals surface area contributed by atoms with Crippen LogP contribution in [0.15, 0.2) is 24.3 Å². The fraction of sp³-hybridized carbons (Fsp3) is 0.211. The minimum atomic E-state index is -1.06. The third-order valence-electron chi connectivity index (χ3n) is 3.92. The third kappa shape index (κ3) is 4.06. The van der Waals surface area contributed by atoms with Crippen LogP contribution in [0.4, 0.5) is 5.69 Å². The lowest BCUT2D eigenvalue weighted by Gasteiger charge is -2.08. The number of anilines is 1. The minimum Gasteiger partial charge on any atom is -0.465 e. The summed E-state index contributed by atoms with van der Waals surface area (Å²) in [6.07, 6.45) is 0. The van der Waals surface area contributed by atoms with Gasteiger partial charge in [0.1, 0.15) is 9.71 Å². The van der Waals surface area contributed by atoms with Crippen LogP contribution in [-0.4, -0.2) is 41.5 Å². The molecule has 0 bridgehead atoms. The molecule has 0 aliphatic heterocycles. The van der Waals surface area contributed by atoms with Crippen molar-refractivity contribution in [1.82, 2.24) is 9.97 Å². The molecule has 0 aliphatic rings. The number of hydrogen-bond acceptors (Lipinski definition) is 8. The number of fused-ring (bicyclic) bond motifs is 1. The summed E-state index contributed by atoms with van der Waals surface area (Å²) in [6, 6.07) is 7.10. The van der Waals surface area contributed by atoms with Gasteiger partial charge in [-0.1, -0.05) is 23.7 Å². The molecular weight excluding hydrogens is 418 g/mol. The highest BCUT2D eigenvalue weighted by atomic mass is 35.5. The largest absolute Gasteiger partial charge is 0.465 e. The van der Waals surface area contributed by atoms with Crippen molar-refractivity contribution in [3.05, 3.63) is 39.9 Å². The standard InChI is InChI=1S/C19H16ClN3O5S/c1-4-28-19(26)16(24)22-13-12-9(2)21-15(10-7-5-6-8-11(10)20)23-17(12)29-14(13)18(25)27-3/h5-8H,4H2,1-3H3,(H,22,24). The first kappa shape index (κ1) is 20.7. The number of aromatic nitrogens is 2. The van der Waals surface area contributed by atoms with Crippen LogP contribution < -0.4 is 5.32 Å². The van der Waals surface area contributed by atoms with Crippen molar-refractivity contribution in [2.75, 3.05) is 19.0 Å². The van der Waals surface area contributed by atoms with E-state index in [1.165, 1.54) is 7.11 Å². The zero-order chi connectivity index (χ0) is 21.1. The van der Waals surface area contributed by atoms with Gasteiger partial charge in [0.25, 0.3) is 0 Å². The van der Waals surface area contributed by atoms with Crippen molar-refractivity contribution in [1.29, 1.82) is 0 Å². The molecule has 3 aromatic rings. The number of nitrogens with zero attached hydrogens (tertiary/aromatic N) is 2. The van der Waals surface area contributed by atoms with Crippen molar-refractivity contribution >= 4 is 56.7 Å². The Morgan fingerprint density at radius 1 is 1.21 bits per heavy atom. The second kappa shape index (κ2) is 8.54. The molecule has 0 spiro atoms. The molecule has 0 atom stereocenters. The summed E-state index contributed by atoms with van der Waals surface area (Å²) in [4.78, 5) is 45.6. The van der Waals surface area contributed by atoms with E-state index in [4.69, 9.17) is 21.1 Å². The van der Waals surface area contributed by atoms with Crippen LogP contribution in [-0.2, 0) is 19.1 Å². The SMILES string of the molecule is CCOC(=O)C(=O)Nc1c(C(=O)OC)sc2nc(-c3ccccc3Cl)nc(C)c12. The van der Waals surface area contributed by atoms with E-state index in [-0.39, 0.29) is 17.2 Å². The number of carbonyl (C=O) groups excluding carboxylic acids is 3. The molecular formula is C19H16ClN3O5S. The van der Waals surface area contributed by atoms with E-state index in [2.05, 4.69) is 15.3 Å². The number of aryl methyl sites for hydroxylation is 1. The fourth-order valence-corrected chi connectivity index (χ4v) is 3.97. The van der Waals surface area contributed by atoms with Gasteiger partial charge in [-0.05, 0) is 26.0 Å². The fourth-order valence-electron chi connectivity index (χ4n) is 2.65. The van der Waals surface area contributed by atoms with E-state index in [9.17, 15) is 14.4 Å². The summed E-state index contributed by atoms with van der Waals surface area (Å²) < 4.78 is 9.51. The topological polar surface area (TPSA) is 107 Å². The average molecular weight is 434 g/mol. The Hall–Kier alpha value is -3.04. The molecule has 0 fully saturated rings. The Labute approximate surface area is 174 Å². The van der Waals surface area contributed by atoms with Gasteiger partial charge in [-0.2, -0.15) is 0 Å². The molecule has 8 nitrogen and oxygen atoms in total. The second-order valence-corrected chi connectivity index (χ2v) is 7.17. The Bertz CT molecular complexity index is 1130. The minimum absolute atomic E-state index is 0.0455. The highest BCUT2D eigenvalue weighted by Gasteiger charge is 2.26. The Balaban J connectivity index is 2.17. The van der Waals surface area contributed by atoms with Crippen LogP contribution in [0.2, 0.25) is 5.02 Å². The van der Waals surface area contributed by atoms with Crippen LogP contribution >= 0.6 is 22.9 Å². The number of ether oxygens (including phenoxy) is 2. The van der Waals surface area contributed by atoms with Crippen LogP contribution in [0.25, 0.3) is 21.6 Å². The number of hydrogen-bond donors (Lipinski definition) is 1. The average Bonchev–Trinajstić information content (AvgIpc) is 3.06. The molecule has 10 heteroatoms. The molecule has 2 aromatic heterocycles. The van der Waals surface area contributed by atoms with Crippen molar-refractivity contribution < 1.29 is 23.9 Å². The summed E-state index contributed by atoms with van der Waals surface area (Å²) >= 11 is 7.26. The monoisotopic (exact) mass is 433 g/mol. The van der Waals surface area contributed by atoms with E-state index in [0.29, 0.717) is 32.3 Å². The maximum absolute atomic E-state index is 12.3. The number of amides is 1. The predicted molar refractivity (Wildman–Crippen MR) is 109 cm³/mol. The van der Waals surface area contributed by atoms with Crippen molar-refractivity contribution in [3.8, 4) is 11.4 Å². The zero-order valence-electron chi connectivity index (χ0n) is 15.7. The van der Waals surface area contributed by atoms with Crippen molar-refractivity contribution in [3.63, 3.8) is 0 Å². The maximum atomic E-state index is 12.3. The number of nitrogens with one attached hydrogen (secondary N) is 1. The normalized spacial score (nSPS) is 10.6. The number of methoxy groups -OCH3 is 1. The van der Waals surface area contributed by atoms with Crippen LogP contribution in [0.1, 0.15) is 22.3 Å². The van der Waals surface area contributed by atoms with E-state index in [1.807, 2.05) is 6.07 Å². The first-order chi connectivity index (χ1) is 13.9. The number of benzene rings is 1. The lowest BCUT2D eigenvalue weighted by molar-refractivity contribution is -0.152. The Morgan fingerprint density at radius 2 is 1.93 bits per heavy atom. The number of rotatable bonds is 4. The molecule has 29 heavy (non-hydrogen) atoms. The van der Waals surface area contributed by atoms with Gasteiger partial charge in [-0.25, -0.2) is 19.6 Å². The van der Waals surface area contributed by atoms with Gasteiger partial charge in [-0.3, -0.25) is 4.79 Å². The summed E-state index contributed by atoms with van der Waals surface area (Å²) in [5, 5.41) is 3.35. The predicted octanol–water partition coefficient (Wildman–Crippen LogP) is 3.61. The second-order valence-electron chi connectivity index (χ2n) is 5.76. The quantitative estimate of drug-likeness (QED) is 0.494. The first-order valence-electron chi connectivity index (χ1n) is 8.49. The number of carbonyl (C=O) groups is 3. The summed E-state index contributed by atoms with van der Waals surface area (Å²) in [5.74, 6) is -2.37. The molecule has 1 amide bonds. The number of thiophene rings is 1. The summed E-state index contributed by atoms with van der Waals surface area (Å²) in [7, 11) is 1.22. The molecule has 2 heterocycles. The highest BCUT2D eigenvalue weighted by molar-refractivity contribution is 7.21. The molecule has 0 saturated heterocycles. The molecule has 0 saturated carbocycles. The van der Waals surface area contributed by atoms with E-state index in [1.54, 1.807) is 32.0 Å². The highest BCUT2D eigenvalue weighted by Crippen LogP contribution is 2.38. The van der Waals surface area contributed by atoms with Crippen LogP contribution in [0.3, 0.4) is 0 Å². The Kier molecular flexibility index (Phi) is 6.09. The molecule has 3 rings (SSSR count). The van der Waals surface area contributed by atoms with Gasteiger partial charge >= 0.3 is 17.8 Å². The maximum Gasteiger partial charge on any atom is 0.397 e. The molecule has 1 N–H and O–H groups in total. The Morgan fingerprint density at radius 3 is 2.59 bits per heavy atom. The zero-order valence-corrected chi connectivity index (χ0v) is 17.3. The van der Waals surface area contributed by atoms with Crippen molar-refractivity contribution in [2.24, 2.45) is 0 Å². The lowest BCUT2D eigenvalue weighted by atomic mass is 10.2. The van der Waals surface area contributed by atoms with Gasteiger partial charge in [-0.15, -0.1) is 11.3 Å². The molecule has 1 aromatic carbocycles. The number of esters is 2.